The fraction of sp³-hybridized carbons (Fsp3) is 0.562. The van der Waals surface area contributed by atoms with Crippen LogP contribution >= 0.6 is 0 Å². The highest BCUT2D eigenvalue weighted by Gasteiger charge is 2.38. The van der Waals surface area contributed by atoms with Gasteiger partial charge < -0.3 is 4.74 Å². The second-order valence-electron chi connectivity index (χ2n) is 6.12. The Morgan fingerprint density at radius 3 is 2.63 bits per heavy atom. The lowest BCUT2D eigenvalue weighted by Crippen LogP contribution is -2.48. The van der Waals surface area contributed by atoms with Gasteiger partial charge in [0, 0.05) is 5.54 Å². The third-order valence-corrected chi connectivity index (χ3v) is 3.61. The molecule has 1 atom stereocenters. The maximum absolute atomic E-state index is 12.2. The predicted octanol–water partition coefficient (Wildman–Crippen LogP) is 2.99. The molecule has 1 fully saturated rings. The Morgan fingerprint density at radius 2 is 2.00 bits per heavy atom. The minimum absolute atomic E-state index is 0.0208. The minimum Gasteiger partial charge on any atom is -0.460 e. The standard InChI is InChI=1S/C16H23NO2/c1-16(2,3)17-11-7-10-14(17)15(18)19-12-13-8-5-4-6-9-13/h4-6,8-9,14H,7,10-12H2,1-3H3. The van der Waals surface area contributed by atoms with E-state index in [2.05, 4.69) is 25.7 Å². The van der Waals surface area contributed by atoms with Gasteiger partial charge in [0.2, 0.25) is 0 Å². The van der Waals surface area contributed by atoms with Crippen molar-refractivity contribution >= 4 is 5.97 Å². The van der Waals surface area contributed by atoms with Gasteiger partial charge in [0.25, 0.3) is 0 Å². The molecule has 104 valence electrons. The number of ether oxygens (including phenoxy) is 1. The average molecular weight is 261 g/mol. The van der Waals surface area contributed by atoms with Crippen LogP contribution in [0.1, 0.15) is 39.2 Å². The lowest BCUT2D eigenvalue weighted by molar-refractivity contribution is -0.152. The van der Waals surface area contributed by atoms with Gasteiger partial charge in [0.1, 0.15) is 12.6 Å². The zero-order chi connectivity index (χ0) is 13.9. The van der Waals surface area contributed by atoms with Crippen molar-refractivity contribution in [3.05, 3.63) is 35.9 Å². The quantitative estimate of drug-likeness (QED) is 0.783. The van der Waals surface area contributed by atoms with E-state index in [4.69, 9.17) is 4.74 Å². The monoisotopic (exact) mass is 261 g/mol. The van der Waals surface area contributed by atoms with Gasteiger partial charge in [-0.2, -0.15) is 0 Å². The molecule has 0 aliphatic carbocycles. The first-order chi connectivity index (χ1) is 8.98. The lowest BCUT2D eigenvalue weighted by atomic mass is 10.0. The molecule has 1 aromatic rings. The summed E-state index contributed by atoms with van der Waals surface area (Å²) in [5, 5.41) is 0. The first kappa shape index (κ1) is 14.1. The van der Waals surface area contributed by atoms with Crippen molar-refractivity contribution < 1.29 is 9.53 Å². The fourth-order valence-corrected chi connectivity index (χ4v) is 2.64. The van der Waals surface area contributed by atoms with Crippen LogP contribution in [0, 0.1) is 0 Å². The molecule has 1 aliphatic rings. The largest absolute Gasteiger partial charge is 0.460 e. The first-order valence-electron chi connectivity index (χ1n) is 6.96. The van der Waals surface area contributed by atoms with E-state index < -0.39 is 0 Å². The average Bonchev–Trinajstić information content (AvgIpc) is 2.86. The van der Waals surface area contributed by atoms with Gasteiger partial charge >= 0.3 is 5.97 Å². The molecule has 0 amide bonds. The van der Waals surface area contributed by atoms with Gasteiger partial charge in [-0.1, -0.05) is 30.3 Å². The molecular formula is C16H23NO2. The van der Waals surface area contributed by atoms with Crippen LogP contribution in [0.3, 0.4) is 0 Å². The number of esters is 1. The Bertz CT molecular complexity index is 422. The minimum atomic E-state index is -0.0868. The van der Waals surface area contributed by atoms with Gasteiger partial charge in [-0.3, -0.25) is 9.69 Å². The summed E-state index contributed by atoms with van der Waals surface area (Å²) in [6, 6.07) is 9.75. The van der Waals surface area contributed by atoms with Gasteiger partial charge in [-0.15, -0.1) is 0 Å². The fourth-order valence-electron chi connectivity index (χ4n) is 2.64. The molecule has 1 aromatic carbocycles. The number of carbonyl (C=O) groups excluding carboxylic acids is 1. The third-order valence-electron chi connectivity index (χ3n) is 3.61. The molecule has 0 radical (unpaired) electrons. The molecule has 1 saturated heterocycles. The highest BCUT2D eigenvalue weighted by molar-refractivity contribution is 5.76. The Labute approximate surface area is 115 Å². The van der Waals surface area contributed by atoms with Crippen LogP contribution < -0.4 is 0 Å². The van der Waals surface area contributed by atoms with Crippen molar-refractivity contribution in [3.8, 4) is 0 Å². The summed E-state index contributed by atoms with van der Waals surface area (Å²) in [6.45, 7) is 7.80. The molecule has 0 N–H and O–H groups in total. The summed E-state index contributed by atoms with van der Waals surface area (Å²) in [4.78, 5) is 14.5. The Kier molecular flexibility index (Phi) is 4.25. The normalized spacial score (nSPS) is 20.5. The molecule has 19 heavy (non-hydrogen) atoms. The molecule has 1 unspecified atom stereocenters. The van der Waals surface area contributed by atoms with Crippen molar-refractivity contribution in [2.75, 3.05) is 6.54 Å². The van der Waals surface area contributed by atoms with Gasteiger partial charge in [-0.25, -0.2) is 0 Å². The van der Waals surface area contributed by atoms with Crippen LogP contribution in [0.5, 0.6) is 0 Å². The molecule has 3 nitrogen and oxygen atoms in total. The lowest BCUT2D eigenvalue weighted by Gasteiger charge is -2.35. The highest BCUT2D eigenvalue weighted by atomic mass is 16.5. The molecule has 3 heteroatoms. The SMILES string of the molecule is CC(C)(C)N1CCCC1C(=O)OCc1ccccc1. The second-order valence-corrected chi connectivity index (χ2v) is 6.12. The Morgan fingerprint density at radius 1 is 1.32 bits per heavy atom. The summed E-state index contributed by atoms with van der Waals surface area (Å²) < 4.78 is 5.46. The number of nitrogens with zero attached hydrogens (tertiary/aromatic N) is 1. The summed E-state index contributed by atoms with van der Waals surface area (Å²) in [6.07, 6.45) is 1.98. The van der Waals surface area contributed by atoms with Crippen LogP contribution in [-0.2, 0) is 16.1 Å². The van der Waals surface area contributed by atoms with Crippen LogP contribution in [0.4, 0.5) is 0 Å². The molecular weight excluding hydrogens is 238 g/mol. The van der Waals surface area contributed by atoms with Crippen molar-refractivity contribution in [2.24, 2.45) is 0 Å². The summed E-state index contributed by atoms with van der Waals surface area (Å²) >= 11 is 0. The Balaban J connectivity index is 1.93. The van der Waals surface area contributed by atoms with E-state index in [-0.39, 0.29) is 17.6 Å². The van der Waals surface area contributed by atoms with Crippen LogP contribution in [0.2, 0.25) is 0 Å². The zero-order valence-corrected chi connectivity index (χ0v) is 12.1. The number of hydrogen-bond donors (Lipinski definition) is 0. The maximum atomic E-state index is 12.2. The van der Waals surface area contributed by atoms with Crippen molar-refractivity contribution in [2.45, 2.75) is 51.8 Å². The predicted molar refractivity (Wildman–Crippen MR) is 75.7 cm³/mol. The molecule has 1 heterocycles. The summed E-state index contributed by atoms with van der Waals surface area (Å²) in [7, 11) is 0. The van der Waals surface area contributed by atoms with Crippen molar-refractivity contribution in [1.29, 1.82) is 0 Å². The van der Waals surface area contributed by atoms with E-state index in [1.54, 1.807) is 0 Å². The van der Waals surface area contributed by atoms with Gasteiger partial charge in [0.15, 0.2) is 0 Å². The summed E-state index contributed by atoms with van der Waals surface area (Å²) in [5.41, 5.74) is 1.06. The van der Waals surface area contributed by atoms with E-state index in [1.165, 1.54) is 0 Å². The van der Waals surface area contributed by atoms with Crippen LogP contribution in [0.15, 0.2) is 30.3 Å². The number of benzene rings is 1. The number of rotatable bonds is 3. The summed E-state index contributed by atoms with van der Waals surface area (Å²) in [5.74, 6) is -0.0868. The zero-order valence-electron chi connectivity index (χ0n) is 12.1. The molecule has 2 rings (SSSR count). The smallest absolute Gasteiger partial charge is 0.323 e. The third kappa shape index (κ3) is 3.57. The topological polar surface area (TPSA) is 29.5 Å². The first-order valence-corrected chi connectivity index (χ1v) is 6.96. The van der Waals surface area contributed by atoms with E-state index in [1.807, 2.05) is 30.3 Å². The number of likely N-dealkylation sites (tertiary alicyclic amines) is 1. The van der Waals surface area contributed by atoms with Crippen LogP contribution in [-0.4, -0.2) is 29.0 Å². The van der Waals surface area contributed by atoms with Crippen molar-refractivity contribution in [1.82, 2.24) is 4.90 Å². The molecule has 0 saturated carbocycles. The molecule has 1 aliphatic heterocycles. The molecule has 0 bridgehead atoms. The number of carbonyl (C=O) groups is 1. The highest BCUT2D eigenvalue weighted by Crippen LogP contribution is 2.27. The van der Waals surface area contributed by atoms with E-state index >= 15 is 0 Å². The van der Waals surface area contributed by atoms with Gasteiger partial charge in [-0.05, 0) is 45.7 Å². The second kappa shape index (κ2) is 5.74. The molecule has 0 aromatic heterocycles. The van der Waals surface area contributed by atoms with Crippen LogP contribution in [0.25, 0.3) is 0 Å². The van der Waals surface area contributed by atoms with E-state index in [0.29, 0.717) is 6.61 Å². The van der Waals surface area contributed by atoms with Crippen molar-refractivity contribution in [3.63, 3.8) is 0 Å². The Hall–Kier alpha value is -1.35. The van der Waals surface area contributed by atoms with Gasteiger partial charge in [0.05, 0.1) is 0 Å². The molecule has 0 spiro atoms. The van der Waals surface area contributed by atoms with E-state index in [9.17, 15) is 4.79 Å². The number of hydrogen-bond acceptors (Lipinski definition) is 3. The maximum Gasteiger partial charge on any atom is 0.323 e. The van der Waals surface area contributed by atoms with E-state index in [0.717, 1.165) is 24.9 Å².